The normalized spacial score (nSPS) is 11.5. The largest absolute Gasteiger partial charge is 0.319 e. The lowest BCUT2D eigenvalue weighted by atomic mass is 10.1. The van der Waals surface area contributed by atoms with Gasteiger partial charge in [0.1, 0.15) is 0 Å². The Bertz CT molecular complexity index is 239. The molecule has 0 saturated heterocycles. The molecular weight excluding hydrogens is 206 g/mol. The van der Waals surface area contributed by atoms with Crippen LogP contribution in [0.5, 0.6) is 0 Å². The molecule has 0 heterocycles. The van der Waals surface area contributed by atoms with E-state index in [2.05, 4.69) is 19.2 Å². The molecule has 0 aliphatic rings. The summed E-state index contributed by atoms with van der Waals surface area (Å²) in [5, 5.41) is 3.96. The summed E-state index contributed by atoms with van der Waals surface area (Å²) in [5.41, 5.74) is 1.13. The first-order valence-electron chi connectivity index (χ1n) is 5.47. The highest BCUT2D eigenvalue weighted by Crippen LogP contribution is 2.11. The first-order chi connectivity index (χ1) is 7.11. The smallest absolute Gasteiger partial charge is 0.0435 e. The highest BCUT2D eigenvalue weighted by molar-refractivity contribution is 6.31. The van der Waals surface area contributed by atoms with E-state index in [1.165, 1.54) is 6.42 Å². The van der Waals surface area contributed by atoms with Gasteiger partial charge in [0.2, 0.25) is 0 Å². The maximum absolute atomic E-state index is 5.71. The summed E-state index contributed by atoms with van der Waals surface area (Å²) < 4.78 is 0. The summed E-state index contributed by atoms with van der Waals surface area (Å²) in [4.78, 5) is 0. The average molecular weight is 228 g/mol. The summed E-state index contributed by atoms with van der Waals surface area (Å²) in [7, 11) is 1.99. The second-order valence-electron chi connectivity index (χ2n) is 3.82. The van der Waals surface area contributed by atoms with Crippen molar-refractivity contribution < 1.29 is 0 Å². The van der Waals surface area contributed by atoms with Gasteiger partial charge >= 0.3 is 0 Å². The number of benzene rings is 1. The summed E-state index contributed by atoms with van der Waals surface area (Å²) in [6.45, 7) is 7.59. The SMILES string of the molecule is CCC(C)CNC.Cc1ccccc1Cl. The molecule has 1 N–H and O–H groups in total. The van der Waals surface area contributed by atoms with Crippen LogP contribution in [0.25, 0.3) is 0 Å². The van der Waals surface area contributed by atoms with E-state index in [-0.39, 0.29) is 0 Å². The molecule has 15 heavy (non-hydrogen) atoms. The first kappa shape index (κ1) is 14.5. The lowest BCUT2D eigenvalue weighted by Gasteiger charge is -2.04. The molecule has 0 radical (unpaired) electrons. The predicted molar refractivity (Wildman–Crippen MR) is 69.6 cm³/mol. The third kappa shape index (κ3) is 7.40. The molecule has 0 amide bonds. The highest BCUT2D eigenvalue weighted by atomic mass is 35.5. The van der Waals surface area contributed by atoms with Gasteiger partial charge in [0.25, 0.3) is 0 Å². The van der Waals surface area contributed by atoms with Crippen molar-refractivity contribution in [2.45, 2.75) is 27.2 Å². The van der Waals surface area contributed by atoms with E-state index in [1.807, 2.05) is 38.2 Å². The van der Waals surface area contributed by atoms with Crippen LogP contribution < -0.4 is 5.32 Å². The number of rotatable bonds is 3. The molecule has 0 fully saturated rings. The molecule has 0 aliphatic heterocycles. The van der Waals surface area contributed by atoms with Crippen molar-refractivity contribution in [3.05, 3.63) is 34.9 Å². The van der Waals surface area contributed by atoms with Crippen LogP contribution in [-0.2, 0) is 0 Å². The lowest BCUT2D eigenvalue weighted by molar-refractivity contribution is 0.528. The fraction of sp³-hybridized carbons (Fsp3) is 0.538. The maximum atomic E-state index is 5.71. The Kier molecular flexibility index (Phi) is 8.44. The third-order valence-corrected chi connectivity index (χ3v) is 2.75. The van der Waals surface area contributed by atoms with Gasteiger partial charge in [-0.1, -0.05) is 50.1 Å². The molecule has 1 unspecified atom stereocenters. The van der Waals surface area contributed by atoms with Gasteiger partial charge in [0.15, 0.2) is 0 Å². The fourth-order valence-corrected chi connectivity index (χ4v) is 1.18. The minimum atomic E-state index is 0.838. The van der Waals surface area contributed by atoms with E-state index in [0.29, 0.717) is 0 Å². The summed E-state index contributed by atoms with van der Waals surface area (Å²) in [6.07, 6.45) is 1.28. The second kappa shape index (κ2) is 8.75. The van der Waals surface area contributed by atoms with Crippen LogP contribution in [0, 0.1) is 12.8 Å². The molecule has 1 aromatic rings. The van der Waals surface area contributed by atoms with Gasteiger partial charge in [-0.2, -0.15) is 0 Å². The molecule has 2 heteroatoms. The quantitative estimate of drug-likeness (QED) is 0.826. The molecule has 0 spiro atoms. The Balaban J connectivity index is 0.000000265. The van der Waals surface area contributed by atoms with Crippen LogP contribution in [0.3, 0.4) is 0 Å². The minimum absolute atomic E-state index is 0.838. The van der Waals surface area contributed by atoms with E-state index >= 15 is 0 Å². The molecule has 0 aliphatic carbocycles. The maximum Gasteiger partial charge on any atom is 0.0435 e. The van der Waals surface area contributed by atoms with Crippen LogP contribution >= 0.6 is 11.6 Å². The van der Waals surface area contributed by atoms with Crippen molar-refractivity contribution in [2.24, 2.45) is 5.92 Å². The van der Waals surface area contributed by atoms with E-state index in [9.17, 15) is 0 Å². The Morgan fingerprint density at radius 3 is 2.20 bits per heavy atom. The number of aryl methyl sites for hydroxylation is 1. The highest BCUT2D eigenvalue weighted by Gasteiger charge is 1.92. The molecule has 1 rings (SSSR count). The molecule has 1 aromatic carbocycles. The fourth-order valence-electron chi connectivity index (χ4n) is 1.04. The lowest BCUT2D eigenvalue weighted by Crippen LogP contribution is -2.14. The summed E-state index contributed by atoms with van der Waals surface area (Å²) in [6, 6.07) is 7.77. The molecule has 0 aromatic heterocycles. The van der Waals surface area contributed by atoms with Gasteiger partial charge in [-0.15, -0.1) is 0 Å². The van der Waals surface area contributed by atoms with E-state index in [1.54, 1.807) is 0 Å². The van der Waals surface area contributed by atoms with Gasteiger partial charge in [0, 0.05) is 5.02 Å². The van der Waals surface area contributed by atoms with Crippen LogP contribution in [-0.4, -0.2) is 13.6 Å². The van der Waals surface area contributed by atoms with Crippen molar-refractivity contribution >= 4 is 11.6 Å². The third-order valence-electron chi connectivity index (χ3n) is 2.33. The Labute approximate surface area is 98.8 Å². The van der Waals surface area contributed by atoms with Crippen LogP contribution in [0.1, 0.15) is 25.8 Å². The molecule has 1 nitrogen and oxygen atoms in total. The first-order valence-corrected chi connectivity index (χ1v) is 5.85. The molecule has 1 atom stereocenters. The number of nitrogens with one attached hydrogen (secondary N) is 1. The van der Waals surface area contributed by atoms with Crippen molar-refractivity contribution in [2.75, 3.05) is 13.6 Å². The summed E-state index contributed by atoms with van der Waals surface area (Å²) >= 11 is 5.71. The zero-order valence-corrected chi connectivity index (χ0v) is 10.9. The monoisotopic (exact) mass is 227 g/mol. The van der Waals surface area contributed by atoms with E-state index in [0.717, 1.165) is 23.0 Å². The minimum Gasteiger partial charge on any atom is -0.319 e. The van der Waals surface area contributed by atoms with Gasteiger partial charge < -0.3 is 5.32 Å². The topological polar surface area (TPSA) is 12.0 Å². The van der Waals surface area contributed by atoms with Crippen LogP contribution in [0.2, 0.25) is 5.02 Å². The van der Waals surface area contributed by atoms with E-state index < -0.39 is 0 Å². The van der Waals surface area contributed by atoms with Gasteiger partial charge in [0.05, 0.1) is 0 Å². The summed E-state index contributed by atoms with van der Waals surface area (Å²) in [5.74, 6) is 0.838. The second-order valence-corrected chi connectivity index (χ2v) is 4.23. The zero-order chi connectivity index (χ0) is 11.7. The van der Waals surface area contributed by atoms with Gasteiger partial charge in [-0.25, -0.2) is 0 Å². The Hall–Kier alpha value is -0.530. The van der Waals surface area contributed by atoms with E-state index in [4.69, 9.17) is 11.6 Å². The Morgan fingerprint density at radius 2 is 1.93 bits per heavy atom. The van der Waals surface area contributed by atoms with Gasteiger partial charge in [-0.05, 0) is 38.1 Å². The standard InChI is InChI=1S/C7H7Cl.C6H15N/c1-6-4-2-3-5-7(6)8;1-4-6(2)5-7-3/h2-5H,1H3;6-7H,4-5H2,1-3H3. The average Bonchev–Trinajstić information content (AvgIpc) is 2.24. The molecular formula is C13H22ClN. The van der Waals surface area contributed by atoms with Crippen molar-refractivity contribution in [3.63, 3.8) is 0 Å². The molecule has 0 bridgehead atoms. The number of hydrogen-bond acceptors (Lipinski definition) is 1. The van der Waals surface area contributed by atoms with Crippen LogP contribution in [0.15, 0.2) is 24.3 Å². The Morgan fingerprint density at radius 1 is 1.33 bits per heavy atom. The van der Waals surface area contributed by atoms with Crippen molar-refractivity contribution in [1.82, 2.24) is 5.32 Å². The molecule has 86 valence electrons. The van der Waals surface area contributed by atoms with Crippen LogP contribution in [0.4, 0.5) is 0 Å². The van der Waals surface area contributed by atoms with Gasteiger partial charge in [-0.3, -0.25) is 0 Å². The van der Waals surface area contributed by atoms with Crippen molar-refractivity contribution in [1.29, 1.82) is 0 Å². The number of hydrogen-bond donors (Lipinski definition) is 1. The number of halogens is 1. The predicted octanol–water partition coefficient (Wildman–Crippen LogP) is 3.90. The zero-order valence-electron chi connectivity index (χ0n) is 10.2. The van der Waals surface area contributed by atoms with Crippen molar-refractivity contribution in [3.8, 4) is 0 Å². The molecule has 0 saturated carbocycles.